The van der Waals surface area contributed by atoms with Gasteiger partial charge >= 0.3 is 0 Å². The molecular formula is C9H16N2O2. The lowest BCUT2D eigenvalue weighted by atomic mass is 9.73. The van der Waals surface area contributed by atoms with Crippen molar-refractivity contribution < 1.29 is 10.3 Å². The minimum Gasteiger partial charge on any atom is -0.412 e. The molecule has 0 aromatic heterocycles. The summed E-state index contributed by atoms with van der Waals surface area (Å²) in [6.07, 6.45) is 5.21. The zero-order chi connectivity index (χ0) is 9.03. The third-order valence-electron chi connectivity index (χ3n) is 2.56. The van der Waals surface area contributed by atoms with Gasteiger partial charge in [0.15, 0.2) is 0 Å². The van der Waals surface area contributed by atoms with E-state index in [-0.39, 0.29) is 17.8 Å². The third kappa shape index (κ3) is 3.03. The maximum atomic E-state index is 10.7. The largest absolute Gasteiger partial charge is 0.412 e. The van der Waals surface area contributed by atoms with Crippen LogP contribution >= 0.6 is 0 Å². The second kappa shape index (κ2) is 4.83. The number of nitrogens with two attached hydrogens (primary N) is 1. The Morgan fingerprint density at radius 3 is 2.31 bits per heavy atom. The molecule has 1 saturated carbocycles. The number of rotatable bonds is 2. The van der Waals surface area contributed by atoms with E-state index in [2.05, 4.69) is 6.07 Å². The second-order valence-corrected chi connectivity index (χ2v) is 3.60. The van der Waals surface area contributed by atoms with Crippen LogP contribution in [0.4, 0.5) is 0 Å². The van der Waals surface area contributed by atoms with Crippen molar-refractivity contribution >= 4 is 5.91 Å². The van der Waals surface area contributed by atoms with Crippen LogP contribution < -0.4 is 5.73 Å². The van der Waals surface area contributed by atoms with Crippen LogP contribution in [0.1, 0.15) is 38.5 Å². The molecule has 0 radical (unpaired) electrons. The van der Waals surface area contributed by atoms with Gasteiger partial charge < -0.3 is 11.2 Å². The monoisotopic (exact) mass is 184 g/mol. The standard InChI is InChI=1S/C9H14N2O.H2O/c10-7-9(6-8(11)12)4-2-1-3-5-9;/h1-6H2,(H2,11,12);1H2. The summed E-state index contributed by atoms with van der Waals surface area (Å²) in [7, 11) is 0. The lowest BCUT2D eigenvalue weighted by molar-refractivity contribution is -0.120. The van der Waals surface area contributed by atoms with Gasteiger partial charge in [-0.2, -0.15) is 5.26 Å². The van der Waals surface area contributed by atoms with E-state index >= 15 is 0 Å². The Bertz CT molecular complexity index is 214. The molecule has 0 bridgehead atoms. The minimum atomic E-state index is -0.427. The summed E-state index contributed by atoms with van der Waals surface area (Å²) in [6.45, 7) is 0. The number of nitriles is 1. The minimum absolute atomic E-state index is 0. The van der Waals surface area contributed by atoms with Crippen LogP contribution in [0, 0.1) is 16.7 Å². The highest BCUT2D eigenvalue weighted by Crippen LogP contribution is 2.38. The molecule has 0 spiro atoms. The molecule has 4 N–H and O–H groups in total. The number of amides is 1. The molecule has 1 fully saturated rings. The van der Waals surface area contributed by atoms with E-state index in [4.69, 9.17) is 11.0 Å². The summed E-state index contributed by atoms with van der Waals surface area (Å²) in [4.78, 5) is 10.7. The highest BCUT2D eigenvalue weighted by molar-refractivity contribution is 5.75. The Kier molecular flexibility index (Phi) is 4.43. The first kappa shape index (κ1) is 11.9. The van der Waals surface area contributed by atoms with Crippen molar-refractivity contribution in [3.8, 4) is 6.07 Å². The molecule has 0 heterocycles. The molecule has 1 aliphatic rings. The van der Waals surface area contributed by atoms with Gasteiger partial charge in [-0.15, -0.1) is 0 Å². The Morgan fingerprint density at radius 2 is 1.92 bits per heavy atom. The Labute approximate surface area is 78.0 Å². The molecular weight excluding hydrogens is 168 g/mol. The van der Waals surface area contributed by atoms with Crippen LogP contribution in [-0.2, 0) is 4.79 Å². The van der Waals surface area contributed by atoms with E-state index in [9.17, 15) is 4.79 Å². The van der Waals surface area contributed by atoms with Crippen molar-refractivity contribution in [2.75, 3.05) is 0 Å². The van der Waals surface area contributed by atoms with Crippen molar-refractivity contribution in [3.05, 3.63) is 0 Å². The average Bonchev–Trinajstić information content (AvgIpc) is 2.05. The summed E-state index contributed by atoms with van der Waals surface area (Å²) in [6, 6.07) is 2.25. The first-order valence-electron chi connectivity index (χ1n) is 4.38. The van der Waals surface area contributed by atoms with E-state index in [0.717, 1.165) is 25.7 Å². The number of nitrogens with zero attached hydrogens (tertiary/aromatic N) is 1. The smallest absolute Gasteiger partial charge is 0.219 e. The molecule has 0 atom stereocenters. The van der Waals surface area contributed by atoms with Gasteiger partial charge in [0.25, 0.3) is 0 Å². The van der Waals surface area contributed by atoms with E-state index in [1.54, 1.807) is 0 Å². The fourth-order valence-electron chi connectivity index (χ4n) is 1.89. The molecule has 0 unspecified atom stereocenters. The molecule has 4 heteroatoms. The topological polar surface area (TPSA) is 98.4 Å². The fraction of sp³-hybridized carbons (Fsp3) is 0.778. The molecule has 0 aliphatic heterocycles. The zero-order valence-electron chi connectivity index (χ0n) is 7.68. The maximum Gasteiger partial charge on any atom is 0.219 e. The van der Waals surface area contributed by atoms with Gasteiger partial charge in [0, 0.05) is 6.42 Å². The molecule has 0 saturated heterocycles. The van der Waals surface area contributed by atoms with Crippen LogP contribution in [0.5, 0.6) is 0 Å². The van der Waals surface area contributed by atoms with Gasteiger partial charge in [0.1, 0.15) is 0 Å². The van der Waals surface area contributed by atoms with Crippen LogP contribution in [0.15, 0.2) is 0 Å². The Hall–Kier alpha value is -1.08. The number of hydrogen-bond acceptors (Lipinski definition) is 2. The zero-order valence-corrected chi connectivity index (χ0v) is 7.68. The molecule has 13 heavy (non-hydrogen) atoms. The van der Waals surface area contributed by atoms with Gasteiger partial charge in [0.05, 0.1) is 11.5 Å². The molecule has 0 aromatic rings. The van der Waals surface area contributed by atoms with Crippen molar-refractivity contribution in [2.24, 2.45) is 11.1 Å². The van der Waals surface area contributed by atoms with Crippen molar-refractivity contribution in [1.29, 1.82) is 5.26 Å². The number of carbonyl (C=O) groups is 1. The van der Waals surface area contributed by atoms with Crippen molar-refractivity contribution in [2.45, 2.75) is 38.5 Å². The number of hydrogen-bond donors (Lipinski definition) is 1. The third-order valence-corrected chi connectivity index (χ3v) is 2.56. The van der Waals surface area contributed by atoms with E-state index in [1.807, 2.05) is 0 Å². The lowest BCUT2D eigenvalue weighted by Crippen LogP contribution is -2.28. The van der Waals surface area contributed by atoms with E-state index in [1.165, 1.54) is 6.42 Å². The van der Waals surface area contributed by atoms with Crippen LogP contribution in [0.3, 0.4) is 0 Å². The second-order valence-electron chi connectivity index (χ2n) is 3.60. The predicted octanol–water partition coefficient (Wildman–Crippen LogP) is 0.511. The molecule has 1 rings (SSSR count). The number of carbonyl (C=O) groups excluding carboxylic acids is 1. The quantitative estimate of drug-likeness (QED) is 0.676. The summed E-state index contributed by atoms with van der Waals surface area (Å²) in [5, 5.41) is 8.93. The highest BCUT2D eigenvalue weighted by Gasteiger charge is 2.33. The molecule has 1 aliphatic carbocycles. The first-order chi connectivity index (χ1) is 5.68. The fourth-order valence-corrected chi connectivity index (χ4v) is 1.89. The van der Waals surface area contributed by atoms with Crippen LogP contribution in [0.2, 0.25) is 0 Å². The highest BCUT2D eigenvalue weighted by atomic mass is 16.1. The van der Waals surface area contributed by atoms with Gasteiger partial charge in [-0.3, -0.25) is 4.79 Å². The van der Waals surface area contributed by atoms with Crippen molar-refractivity contribution in [3.63, 3.8) is 0 Å². The van der Waals surface area contributed by atoms with Crippen LogP contribution in [0.25, 0.3) is 0 Å². The summed E-state index contributed by atoms with van der Waals surface area (Å²) < 4.78 is 0. The Morgan fingerprint density at radius 1 is 1.38 bits per heavy atom. The SMILES string of the molecule is N#CC1(CC(N)=O)CCCCC1.O. The molecule has 1 amide bonds. The average molecular weight is 184 g/mol. The molecule has 74 valence electrons. The summed E-state index contributed by atoms with van der Waals surface area (Å²) in [5.74, 6) is -0.349. The Balaban J connectivity index is 0.00000144. The van der Waals surface area contributed by atoms with Gasteiger partial charge in [-0.05, 0) is 12.8 Å². The lowest BCUT2D eigenvalue weighted by Gasteiger charge is -2.29. The summed E-state index contributed by atoms with van der Waals surface area (Å²) >= 11 is 0. The van der Waals surface area contributed by atoms with Crippen molar-refractivity contribution in [1.82, 2.24) is 0 Å². The van der Waals surface area contributed by atoms with Gasteiger partial charge in [-0.1, -0.05) is 19.3 Å². The van der Waals surface area contributed by atoms with Gasteiger partial charge in [0.2, 0.25) is 5.91 Å². The summed E-state index contributed by atoms with van der Waals surface area (Å²) in [5.41, 5.74) is 4.67. The van der Waals surface area contributed by atoms with E-state index < -0.39 is 5.41 Å². The first-order valence-corrected chi connectivity index (χ1v) is 4.38. The molecule has 0 aromatic carbocycles. The van der Waals surface area contributed by atoms with Crippen LogP contribution in [-0.4, -0.2) is 11.4 Å². The predicted molar refractivity (Wildman–Crippen MR) is 48.6 cm³/mol. The number of primary amides is 1. The molecule has 4 nitrogen and oxygen atoms in total. The normalized spacial score (nSPS) is 19.6. The maximum absolute atomic E-state index is 10.7. The van der Waals surface area contributed by atoms with E-state index in [0.29, 0.717) is 0 Å². The van der Waals surface area contributed by atoms with Gasteiger partial charge in [-0.25, -0.2) is 0 Å².